The maximum atomic E-state index is 13.4. The topological polar surface area (TPSA) is 99.9 Å². The number of nitrogens with zero attached hydrogens (tertiary/aromatic N) is 2. The van der Waals surface area contributed by atoms with Crippen molar-refractivity contribution in [3.8, 4) is 28.6 Å². The summed E-state index contributed by atoms with van der Waals surface area (Å²) >= 11 is -1.90. The second-order valence-corrected chi connectivity index (χ2v) is 22.8. The predicted molar refractivity (Wildman–Crippen MR) is 138 cm³/mol. The number of hydrogen-bond acceptors (Lipinski definition) is 7. The number of rotatable bonds is 4. The minimum atomic E-state index is -1.90. The average molecular weight is 551 g/mol. The van der Waals surface area contributed by atoms with E-state index in [2.05, 4.69) is 24.2 Å². The van der Waals surface area contributed by atoms with Crippen LogP contribution in [0.2, 0.25) is 22.5 Å². The van der Waals surface area contributed by atoms with Gasteiger partial charge in [-0.25, -0.2) is 0 Å². The van der Waals surface area contributed by atoms with Crippen LogP contribution in [0.3, 0.4) is 0 Å². The molecular weight excluding hydrogens is 521 g/mol. The molecule has 0 spiro atoms. The van der Waals surface area contributed by atoms with E-state index in [1.165, 1.54) is 5.56 Å². The quantitative estimate of drug-likeness (QED) is 0.303. The molecule has 1 aromatic carbocycles. The van der Waals surface area contributed by atoms with Gasteiger partial charge in [0.25, 0.3) is 0 Å². The van der Waals surface area contributed by atoms with Gasteiger partial charge in [-0.1, -0.05) is 0 Å². The Morgan fingerprint density at radius 3 is 2.64 bits per heavy atom. The number of esters is 1. The molecule has 3 aliphatic rings. The Morgan fingerprint density at radius 1 is 1.11 bits per heavy atom. The summed E-state index contributed by atoms with van der Waals surface area (Å²) in [5.74, 6) is 8.07. The van der Waals surface area contributed by atoms with Gasteiger partial charge in [-0.05, 0) is 0 Å². The molecule has 188 valence electrons. The normalized spacial score (nSPS) is 18.0. The monoisotopic (exact) mass is 552 g/mol. The molecular formula is C27H30GeN2O6. The molecule has 9 heteroatoms. The second kappa shape index (κ2) is 8.34. The van der Waals surface area contributed by atoms with Gasteiger partial charge >= 0.3 is 212 Å². The van der Waals surface area contributed by atoms with E-state index >= 15 is 0 Å². The van der Waals surface area contributed by atoms with E-state index in [4.69, 9.17) is 19.2 Å². The second-order valence-electron chi connectivity index (χ2n) is 11.0. The van der Waals surface area contributed by atoms with Crippen LogP contribution < -0.4 is 19.8 Å². The fraction of sp³-hybridized carbons (Fsp3) is 0.444. The first kappa shape index (κ1) is 23.5. The summed E-state index contributed by atoms with van der Waals surface area (Å²) in [6.07, 6.45) is 0.441. The molecule has 5 heterocycles. The number of fused-ring (bicyclic) bond motifs is 6. The predicted octanol–water partition coefficient (Wildman–Crippen LogP) is 3.98. The summed E-state index contributed by atoms with van der Waals surface area (Å²) in [5, 5.41) is 12.8. The van der Waals surface area contributed by atoms with Gasteiger partial charge in [0.15, 0.2) is 0 Å². The number of benzene rings is 1. The molecule has 0 saturated carbocycles. The standard InChI is InChI=1S/C27H30GeN2O6/c1-5-14-23-15(6-7-28(2,3)4)17-13-30-19(10-16-20(31)12-22(32)36-26(16)27(30)33)24(17)29-18(23)11-21-25(14)35-9-8-34-21/h10-11,20,31H,5-9,12-13H2,1-4H3/t20-/m1/s1. The first-order chi connectivity index (χ1) is 17.2. The number of aryl methyl sites for hydroxylation is 2. The SMILES string of the molecule is CCc1c2c(cc3nc4c(c(C[CH2][Ge]([CH3])([CH3])[CH3])c13)Cn1c-4cc3c(c1=O)OC(=O)C[C@H]3O)OCCO2. The zero-order chi connectivity index (χ0) is 25.4. The molecule has 0 radical (unpaired) electrons. The molecule has 36 heavy (non-hydrogen) atoms. The molecule has 8 nitrogen and oxygen atoms in total. The van der Waals surface area contributed by atoms with Crippen LogP contribution in [-0.4, -0.2) is 47.1 Å². The van der Waals surface area contributed by atoms with Crippen LogP contribution >= 0.6 is 0 Å². The number of hydrogen-bond donors (Lipinski definition) is 1. The molecule has 0 fully saturated rings. The van der Waals surface area contributed by atoms with Gasteiger partial charge in [0.1, 0.15) is 0 Å². The summed E-state index contributed by atoms with van der Waals surface area (Å²) in [4.78, 5) is 30.4. The molecule has 0 bridgehead atoms. The van der Waals surface area contributed by atoms with Crippen molar-refractivity contribution in [1.82, 2.24) is 9.55 Å². The molecule has 0 saturated heterocycles. The molecule has 0 unspecified atom stereocenters. The van der Waals surface area contributed by atoms with E-state index in [1.807, 2.05) is 6.07 Å². The number of aliphatic hydroxyl groups is 1. The Morgan fingerprint density at radius 2 is 1.89 bits per heavy atom. The molecule has 0 amide bonds. The summed E-state index contributed by atoms with van der Waals surface area (Å²) in [5.41, 5.74) is 5.52. The number of pyridine rings is 2. The average Bonchev–Trinajstić information content (AvgIpc) is 3.19. The third-order valence-electron chi connectivity index (χ3n) is 7.35. The first-order valence-corrected chi connectivity index (χ1v) is 20.4. The fourth-order valence-corrected chi connectivity index (χ4v) is 7.67. The molecule has 0 aliphatic carbocycles. The molecule has 2 aromatic heterocycles. The summed E-state index contributed by atoms with van der Waals surface area (Å²) in [6, 6.07) is 3.73. The number of carbonyl (C=O) groups excluding carboxylic acids is 1. The molecule has 1 atom stereocenters. The number of ether oxygens (including phenoxy) is 3. The Balaban J connectivity index is 1.64. The maximum absolute atomic E-state index is 13.4. The zero-order valence-electron chi connectivity index (χ0n) is 21.1. The summed E-state index contributed by atoms with van der Waals surface area (Å²) in [6.45, 7) is 3.49. The molecule has 3 aromatic rings. The van der Waals surface area contributed by atoms with Crippen LogP contribution in [0, 0.1) is 0 Å². The van der Waals surface area contributed by atoms with E-state index < -0.39 is 30.9 Å². The van der Waals surface area contributed by atoms with Crippen LogP contribution in [0.1, 0.15) is 41.7 Å². The van der Waals surface area contributed by atoms with Crippen LogP contribution in [-0.2, 0) is 24.2 Å². The Bertz CT molecular complexity index is 1500. The number of aliphatic hydroxyl groups excluding tert-OH is 1. The Labute approximate surface area is 211 Å². The van der Waals surface area contributed by atoms with Crippen molar-refractivity contribution in [2.24, 2.45) is 0 Å². The van der Waals surface area contributed by atoms with Gasteiger partial charge in [-0.15, -0.1) is 0 Å². The molecule has 6 rings (SSSR count). The van der Waals surface area contributed by atoms with Gasteiger partial charge in [-0.2, -0.15) is 0 Å². The van der Waals surface area contributed by atoms with E-state index in [9.17, 15) is 14.7 Å². The fourth-order valence-electron chi connectivity index (χ4n) is 5.57. The van der Waals surface area contributed by atoms with Crippen LogP contribution in [0.25, 0.3) is 22.3 Å². The van der Waals surface area contributed by atoms with Crippen molar-refractivity contribution < 1.29 is 24.1 Å². The van der Waals surface area contributed by atoms with Gasteiger partial charge < -0.3 is 0 Å². The first-order valence-electron chi connectivity index (χ1n) is 12.6. The Kier molecular flexibility index (Phi) is 5.46. The summed E-state index contributed by atoms with van der Waals surface area (Å²) in [7, 11) is 0. The van der Waals surface area contributed by atoms with Crippen molar-refractivity contribution in [2.45, 2.75) is 61.4 Å². The van der Waals surface area contributed by atoms with Gasteiger partial charge in [-0.3, -0.25) is 0 Å². The van der Waals surface area contributed by atoms with E-state index in [1.54, 1.807) is 10.6 Å². The van der Waals surface area contributed by atoms with Crippen molar-refractivity contribution in [2.75, 3.05) is 13.2 Å². The number of carbonyl (C=O) groups is 1. The van der Waals surface area contributed by atoms with Gasteiger partial charge in [0, 0.05) is 0 Å². The third kappa shape index (κ3) is 3.64. The summed E-state index contributed by atoms with van der Waals surface area (Å²) < 4.78 is 18.9. The molecule has 1 N–H and O–H groups in total. The van der Waals surface area contributed by atoms with Crippen molar-refractivity contribution in [1.29, 1.82) is 0 Å². The van der Waals surface area contributed by atoms with Crippen molar-refractivity contribution >= 4 is 30.1 Å². The van der Waals surface area contributed by atoms with Gasteiger partial charge in [0.2, 0.25) is 0 Å². The van der Waals surface area contributed by atoms with Crippen LogP contribution in [0.5, 0.6) is 17.2 Å². The van der Waals surface area contributed by atoms with Crippen LogP contribution in [0.15, 0.2) is 16.9 Å². The van der Waals surface area contributed by atoms with E-state index in [-0.39, 0.29) is 12.2 Å². The Hall–Kier alpha value is -2.85. The van der Waals surface area contributed by atoms with Crippen molar-refractivity contribution in [3.05, 3.63) is 44.7 Å². The van der Waals surface area contributed by atoms with Crippen molar-refractivity contribution in [3.63, 3.8) is 0 Å². The van der Waals surface area contributed by atoms with Crippen LogP contribution in [0.4, 0.5) is 0 Å². The number of aromatic nitrogens is 2. The van der Waals surface area contributed by atoms with E-state index in [0.29, 0.717) is 36.8 Å². The van der Waals surface area contributed by atoms with Gasteiger partial charge in [0.05, 0.1) is 0 Å². The third-order valence-corrected chi connectivity index (χ3v) is 11.0. The minimum absolute atomic E-state index is 0.0717. The zero-order valence-corrected chi connectivity index (χ0v) is 23.2. The van der Waals surface area contributed by atoms with E-state index in [0.717, 1.165) is 51.6 Å². The molecule has 3 aliphatic heterocycles.